The lowest BCUT2D eigenvalue weighted by atomic mass is 10.0. The van der Waals surface area contributed by atoms with Gasteiger partial charge in [-0.15, -0.1) is 0 Å². The Morgan fingerprint density at radius 1 is 1.28 bits per heavy atom. The first-order chi connectivity index (χ1) is 11.8. The van der Waals surface area contributed by atoms with Gasteiger partial charge in [-0.05, 0) is 43.5 Å². The Bertz CT molecular complexity index is 698. The molecule has 0 radical (unpaired) electrons. The third kappa shape index (κ3) is 5.92. The summed E-state index contributed by atoms with van der Waals surface area (Å²) >= 11 is 1.96. The number of hydrogen-bond acceptors (Lipinski definition) is 4. The molecule has 0 bridgehead atoms. The fraction of sp³-hybridized carbons (Fsp3) is 0.611. The molecule has 1 aromatic rings. The molecule has 0 heterocycles. The van der Waals surface area contributed by atoms with Crippen LogP contribution in [-0.4, -0.2) is 45.2 Å². The van der Waals surface area contributed by atoms with Gasteiger partial charge < -0.3 is 5.32 Å². The summed E-state index contributed by atoms with van der Waals surface area (Å²) in [5.74, 6) is 0.825. The Hall–Kier alpha value is -1.21. The van der Waals surface area contributed by atoms with Crippen LogP contribution in [-0.2, 0) is 10.0 Å². The molecule has 1 saturated carbocycles. The van der Waals surface area contributed by atoms with Crippen LogP contribution in [0.4, 0.5) is 5.69 Å². The lowest BCUT2D eigenvalue weighted by Crippen LogP contribution is -2.28. The fourth-order valence-corrected chi connectivity index (χ4v) is 4.83. The molecule has 1 aliphatic carbocycles. The molecule has 0 unspecified atom stereocenters. The molecular formula is C18H28N2O3S2. The monoisotopic (exact) mass is 384 g/mol. The zero-order chi connectivity index (χ0) is 18.4. The van der Waals surface area contributed by atoms with Crippen LogP contribution in [0.5, 0.6) is 0 Å². The molecule has 0 aromatic heterocycles. The van der Waals surface area contributed by atoms with E-state index in [1.807, 2.05) is 18.7 Å². The van der Waals surface area contributed by atoms with Gasteiger partial charge in [0, 0.05) is 30.2 Å². The molecule has 1 amide bonds. The maximum atomic E-state index is 12.3. The van der Waals surface area contributed by atoms with E-state index in [-0.39, 0.29) is 5.91 Å². The highest BCUT2D eigenvalue weighted by Crippen LogP contribution is 2.27. The van der Waals surface area contributed by atoms with E-state index in [2.05, 4.69) is 5.32 Å². The SMILES string of the molecule is Cc1cc(C(=O)NCCSC2CCCCC2)ccc1N(C)S(C)(=O)=O. The number of nitrogens with one attached hydrogen (secondary N) is 1. The van der Waals surface area contributed by atoms with Crippen LogP contribution >= 0.6 is 11.8 Å². The number of nitrogens with zero attached hydrogens (tertiary/aromatic N) is 1. The summed E-state index contributed by atoms with van der Waals surface area (Å²) in [6.45, 7) is 2.47. The highest BCUT2D eigenvalue weighted by Gasteiger charge is 2.16. The molecule has 1 N–H and O–H groups in total. The molecule has 0 saturated heterocycles. The van der Waals surface area contributed by atoms with E-state index in [0.29, 0.717) is 17.8 Å². The number of amides is 1. The van der Waals surface area contributed by atoms with Crippen molar-refractivity contribution < 1.29 is 13.2 Å². The van der Waals surface area contributed by atoms with E-state index in [0.717, 1.165) is 22.8 Å². The van der Waals surface area contributed by atoms with Crippen LogP contribution in [0.3, 0.4) is 0 Å². The quantitative estimate of drug-likeness (QED) is 0.733. The maximum absolute atomic E-state index is 12.3. The van der Waals surface area contributed by atoms with E-state index in [1.165, 1.54) is 43.5 Å². The van der Waals surface area contributed by atoms with Crippen LogP contribution in [0.15, 0.2) is 18.2 Å². The average Bonchev–Trinajstić information content (AvgIpc) is 2.58. The smallest absolute Gasteiger partial charge is 0.251 e. The molecule has 2 rings (SSSR count). The number of sulfonamides is 1. The molecule has 1 fully saturated rings. The molecule has 25 heavy (non-hydrogen) atoms. The number of benzene rings is 1. The van der Waals surface area contributed by atoms with E-state index in [9.17, 15) is 13.2 Å². The Labute approximate surface area is 155 Å². The number of carbonyl (C=O) groups is 1. The van der Waals surface area contributed by atoms with Crippen LogP contribution < -0.4 is 9.62 Å². The summed E-state index contributed by atoms with van der Waals surface area (Å²) < 4.78 is 24.5. The van der Waals surface area contributed by atoms with E-state index in [1.54, 1.807) is 18.2 Å². The first kappa shape index (κ1) is 20.1. The molecule has 7 heteroatoms. The summed E-state index contributed by atoms with van der Waals surface area (Å²) in [5.41, 5.74) is 1.91. The lowest BCUT2D eigenvalue weighted by Gasteiger charge is -2.21. The average molecular weight is 385 g/mol. The van der Waals surface area contributed by atoms with Gasteiger partial charge in [-0.25, -0.2) is 8.42 Å². The third-order valence-electron chi connectivity index (χ3n) is 4.59. The van der Waals surface area contributed by atoms with Gasteiger partial charge in [0.25, 0.3) is 5.91 Å². The summed E-state index contributed by atoms with van der Waals surface area (Å²) in [6, 6.07) is 5.09. The molecule has 0 atom stereocenters. The first-order valence-electron chi connectivity index (χ1n) is 8.73. The Kier molecular flexibility index (Phi) is 7.19. The number of anilines is 1. The van der Waals surface area contributed by atoms with Crippen molar-refractivity contribution in [2.75, 3.05) is 29.9 Å². The van der Waals surface area contributed by atoms with Gasteiger partial charge in [-0.3, -0.25) is 9.10 Å². The predicted molar refractivity (Wildman–Crippen MR) is 106 cm³/mol. The van der Waals surface area contributed by atoms with Gasteiger partial charge in [0.05, 0.1) is 11.9 Å². The number of aryl methyl sites for hydroxylation is 1. The fourth-order valence-electron chi connectivity index (χ4n) is 3.05. The Balaban J connectivity index is 1.86. The van der Waals surface area contributed by atoms with Gasteiger partial charge in [0.2, 0.25) is 10.0 Å². The zero-order valence-electron chi connectivity index (χ0n) is 15.2. The van der Waals surface area contributed by atoms with Crippen LogP contribution in [0, 0.1) is 6.92 Å². The van der Waals surface area contributed by atoms with Crippen molar-refractivity contribution in [3.63, 3.8) is 0 Å². The third-order valence-corrected chi connectivity index (χ3v) is 7.16. The van der Waals surface area contributed by atoms with Gasteiger partial charge in [-0.2, -0.15) is 11.8 Å². The summed E-state index contributed by atoms with van der Waals surface area (Å²) in [7, 11) is -1.80. The van der Waals surface area contributed by atoms with E-state index >= 15 is 0 Å². The number of carbonyl (C=O) groups excluding carboxylic acids is 1. The van der Waals surface area contributed by atoms with Crippen molar-refractivity contribution in [1.29, 1.82) is 0 Å². The minimum atomic E-state index is -3.31. The normalized spacial score (nSPS) is 15.8. The van der Waals surface area contributed by atoms with Gasteiger partial charge in [0.1, 0.15) is 0 Å². The van der Waals surface area contributed by atoms with Crippen molar-refractivity contribution >= 4 is 33.4 Å². The van der Waals surface area contributed by atoms with Gasteiger partial charge in [0.15, 0.2) is 0 Å². The molecule has 140 valence electrons. The van der Waals surface area contributed by atoms with Crippen molar-refractivity contribution in [3.8, 4) is 0 Å². The van der Waals surface area contributed by atoms with Crippen molar-refractivity contribution in [1.82, 2.24) is 5.32 Å². The highest BCUT2D eigenvalue weighted by molar-refractivity contribution is 7.99. The molecule has 1 aliphatic rings. The highest BCUT2D eigenvalue weighted by atomic mass is 32.2. The van der Waals surface area contributed by atoms with E-state index in [4.69, 9.17) is 0 Å². The van der Waals surface area contributed by atoms with Crippen molar-refractivity contribution in [3.05, 3.63) is 29.3 Å². The standard InChI is InChI=1S/C18H28N2O3S2/c1-14-13-15(9-10-17(14)20(2)25(3,22)23)18(21)19-11-12-24-16-7-5-4-6-8-16/h9-10,13,16H,4-8,11-12H2,1-3H3,(H,19,21). The van der Waals surface area contributed by atoms with Crippen molar-refractivity contribution in [2.24, 2.45) is 0 Å². The zero-order valence-corrected chi connectivity index (χ0v) is 16.9. The van der Waals surface area contributed by atoms with Crippen LogP contribution in [0.25, 0.3) is 0 Å². The minimum Gasteiger partial charge on any atom is -0.351 e. The second kappa shape index (κ2) is 8.94. The van der Waals surface area contributed by atoms with E-state index < -0.39 is 10.0 Å². The molecule has 1 aromatic carbocycles. The summed E-state index contributed by atoms with van der Waals surface area (Å²) in [4.78, 5) is 12.3. The first-order valence-corrected chi connectivity index (χ1v) is 11.6. The van der Waals surface area contributed by atoms with Crippen LogP contribution in [0.1, 0.15) is 48.0 Å². The number of rotatable bonds is 7. The summed E-state index contributed by atoms with van der Waals surface area (Å²) in [5, 5.41) is 3.70. The predicted octanol–water partition coefficient (Wildman–Crippen LogP) is 3.19. The van der Waals surface area contributed by atoms with Gasteiger partial charge in [-0.1, -0.05) is 19.3 Å². The maximum Gasteiger partial charge on any atom is 0.251 e. The second-order valence-corrected chi connectivity index (χ2v) is 10.0. The molecule has 0 spiro atoms. The summed E-state index contributed by atoms with van der Waals surface area (Å²) in [6.07, 6.45) is 7.78. The molecular weight excluding hydrogens is 356 g/mol. The Morgan fingerprint density at radius 2 is 1.96 bits per heavy atom. The topological polar surface area (TPSA) is 66.5 Å². The van der Waals surface area contributed by atoms with Crippen LogP contribution in [0.2, 0.25) is 0 Å². The number of thioether (sulfide) groups is 1. The molecule has 0 aliphatic heterocycles. The van der Waals surface area contributed by atoms with Gasteiger partial charge >= 0.3 is 0 Å². The lowest BCUT2D eigenvalue weighted by molar-refractivity contribution is 0.0956. The minimum absolute atomic E-state index is 0.110. The molecule has 5 nitrogen and oxygen atoms in total. The second-order valence-electron chi connectivity index (χ2n) is 6.62. The number of hydrogen-bond donors (Lipinski definition) is 1. The van der Waals surface area contributed by atoms with Crippen molar-refractivity contribution in [2.45, 2.75) is 44.3 Å². The Morgan fingerprint density at radius 3 is 2.56 bits per heavy atom. The largest absolute Gasteiger partial charge is 0.351 e.